The summed E-state index contributed by atoms with van der Waals surface area (Å²) >= 11 is 0. The molecule has 14 heavy (non-hydrogen) atoms. The SMILES string of the molecule is Cl.Cl.NCC1(c2cccc(N)c2)CC1. The van der Waals surface area contributed by atoms with Gasteiger partial charge in [-0.2, -0.15) is 0 Å². The highest BCUT2D eigenvalue weighted by Crippen LogP contribution is 2.47. The molecule has 4 N–H and O–H groups in total. The normalized spacial score (nSPS) is 16.4. The summed E-state index contributed by atoms with van der Waals surface area (Å²) < 4.78 is 0. The molecule has 0 aliphatic heterocycles. The first-order valence-electron chi connectivity index (χ1n) is 4.33. The van der Waals surface area contributed by atoms with Gasteiger partial charge >= 0.3 is 0 Å². The third-order valence-corrected chi connectivity index (χ3v) is 2.74. The van der Waals surface area contributed by atoms with Crippen molar-refractivity contribution in [3.8, 4) is 0 Å². The predicted molar refractivity (Wildman–Crippen MR) is 65.3 cm³/mol. The van der Waals surface area contributed by atoms with E-state index in [4.69, 9.17) is 11.5 Å². The minimum absolute atomic E-state index is 0. The van der Waals surface area contributed by atoms with Crippen molar-refractivity contribution in [2.24, 2.45) is 5.73 Å². The van der Waals surface area contributed by atoms with Gasteiger partial charge in [-0.05, 0) is 30.5 Å². The summed E-state index contributed by atoms with van der Waals surface area (Å²) in [5, 5.41) is 0. The lowest BCUT2D eigenvalue weighted by Gasteiger charge is -2.12. The number of anilines is 1. The lowest BCUT2D eigenvalue weighted by Crippen LogP contribution is -2.19. The second-order valence-corrected chi connectivity index (χ2v) is 3.61. The van der Waals surface area contributed by atoms with E-state index in [2.05, 4.69) is 6.07 Å². The number of halogens is 2. The van der Waals surface area contributed by atoms with Crippen molar-refractivity contribution in [1.82, 2.24) is 0 Å². The van der Waals surface area contributed by atoms with Crippen molar-refractivity contribution in [3.63, 3.8) is 0 Å². The van der Waals surface area contributed by atoms with Crippen molar-refractivity contribution >= 4 is 30.5 Å². The van der Waals surface area contributed by atoms with Crippen LogP contribution < -0.4 is 11.5 Å². The Hall–Kier alpha value is -0.440. The molecule has 2 rings (SSSR count). The standard InChI is InChI=1S/C10H14N2.2ClH/c11-7-10(4-5-10)8-2-1-3-9(12)6-8;;/h1-3,6H,4-5,7,11-12H2;2*1H. The predicted octanol–water partition coefficient (Wildman–Crippen LogP) is 2.10. The minimum atomic E-state index is 0. The number of nitrogen functional groups attached to an aromatic ring is 1. The highest BCUT2D eigenvalue weighted by molar-refractivity contribution is 5.85. The Balaban J connectivity index is 0.000000845. The van der Waals surface area contributed by atoms with Crippen molar-refractivity contribution in [1.29, 1.82) is 0 Å². The summed E-state index contributed by atoms with van der Waals surface area (Å²) in [6.07, 6.45) is 2.43. The Labute approximate surface area is 96.9 Å². The molecule has 0 saturated heterocycles. The smallest absolute Gasteiger partial charge is 0.0316 e. The van der Waals surface area contributed by atoms with Gasteiger partial charge in [-0.25, -0.2) is 0 Å². The number of hydrogen-bond acceptors (Lipinski definition) is 2. The molecule has 1 aromatic carbocycles. The maximum atomic E-state index is 5.71. The van der Waals surface area contributed by atoms with Gasteiger partial charge in [-0.3, -0.25) is 0 Å². The molecular formula is C10H16Cl2N2. The molecule has 0 heterocycles. The molecule has 0 aromatic heterocycles. The van der Waals surface area contributed by atoms with Crippen LogP contribution in [0.25, 0.3) is 0 Å². The Morgan fingerprint density at radius 3 is 2.29 bits per heavy atom. The molecule has 0 unspecified atom stereocenters. The van der Waals surface area contributed by atoms with Crippen LogP contribution in [-0.4, -0.2) is 6.54 Å². The molecule has 0 bridgehead atoms. The van der Waals surface area contributed by atoms with Gasteiger partial charge in [-0.1, -0.05) is 12.1 Å². The van der Waals surface area contributed by atoms with Crippen LogP contribution in [-0.2, 0) is 5.41 Å². The third kappa shape index (κ3) is 2.32. The molecule has 2 nitrogen and oxygen atoms in total. The largest absolute Gasteiger partial charge is 0.399 e. The molecule has 1 aliphatic rings. The van der Waals surface area contributed by atoms with Crippen LogP contribution >= 0.6 is 24.8 Å². The molecular weight excluding hydrogens is 219 g/mol. The molecule has 1 aromatic rings. The monoisotopic (exact) mass is 234 g/mol. The number of benzene rings is 1. The first-order chi connectivity index (χ1) is 5.77. The zero-order chi connectivity index (χ0) is 8.60. The average molecular weight is 235 g/mol. The summed E-state index contributed by atoms with van der Waals surface area (Å²) in [4.78, 5) is 0. The van der Waals surface area contributed by atoms with Crippen LogP contribution in [0.3, 0.4) is 0 Å². The van der Waals surface area contributed by atoms with Crippen LogP contribution in [0.15, 0.2) is 24.3 Å². The average Bonchev–Trinajstić information content (AvgIpc) is 2.84. The van der Waals surface area contributed by atoms with Crippen molar-refractivity contribution in [2.75, 3.05) is 12.3 Å². The van der Waals surface area contributed by atoms with E-state index in [-0.39, 0.29) is 30.2 Å². The molecule has 4 heteroatoms. The molecule has 1 saturated carbocycles. The number of hydrogen-bond donors (Lipinski definition) is 2. The Morgan fingerprint density at radius 2 is 1.86 bits per heavy atom. The van der Waals surface area contributed by atoms with Crippen molar-refractivity contribution < 1.29 is 0 Å². The van der Waals surface area contributed by atoms with E-state index in [1.165, 1.54) is 18.4 Å². The summed E-state index contributed by atoms with van der Waals surface area (Å²) in [7, 11) is 0. The fourth-order valence-corrected chi connectivity index (χ4v) is 1.63. The highest BCUT2D eigenvalue weighted by atomic mass is 35.5. The molecule has 0 amide bonds. The van der Waals surface area contributed by atoms with Gasteiger partial charge in [0, 0.05) is 17.6 Å². The van der Waals surface area contributed by atoms with Crippen LogP contribution in [0.1, 0.15) is 18.4 Å². The molecule has 0 spiro atoms. The molecule has 80 valence electrons. The van der Waals surface area contributed by atoms with Gasteiger partial charge < -0.3 is 11.5 Å². The van der Waals surface area contributed by atoms with Gasteiger partial charge in [0.15, 0.2) is 0 Å². The summed E-state index contributed by atoms with van der Waals surface area (Å²) in [5.74, 6) is 0. The zero-order valence-corrected chi connectivity index (χ0v) is 9.53. The molecule has 0 radical (unpaired) electrons. The van der Waals surface area contributed by atoms with Crippen LogP contribution in [0.5, 0.6) is 0 Å². The fourth-order valence-electron chi connectivity index (χ4n) is 1.63. The van der Waals surface area contributed by atoms with Crippen molar-refractivity contribution in [3.05, 3.63) is 29.8 Å². The summed E-state index contributed by atoms with van der Waals surface area (Å²) in [6.45, 7) is 0.746. The van der Waals surface area contributed by atoms with E-state index in [0.717, 1.165) is 12.2 Å². The number of rotatable bonds is 2. The lowest BCUT2D eigenvalue weighted by atomic mass is 9.96. The fraction of sp³-hybridized carbons (Fsp3) is 0.400. The van der Waals surface area contributed by atoms with E-state index < -0.39 is 0 Å². The van der Waals surface area contributed by atoms with Crippen LogP contribution in [0, 0.1) is 0 Å². The summed E-state index contributed by atoms with van der Waals surface area (Å²) in [6, 6.07) is 8.08. The maximum absolute atomic E-state index is 5.71. The highest BCUT2D eigenvalue weighted by Gasteiger charge is 2.42. The van der Waals surface area contributed by atoms with Gasteiger partial charge in [0.1, 0.15) is 0 Å². The van der Waals surface area contributed by atoms with E-state index >= 15 is 0 Å². The minimum Gasteiger partial charge on any atom is -0.399 e. The van der Waals surface area contributed by atoms with E-state index in [1.54, 1.807) is 0 Å². The van der Waals surface area contributed by atoms with Crippen molar-refractivity contribution in [2.45, 2.75) is 18.3 Å². The topological polar surface area (TPSA) is 52.0 Å². The van der Waals surface area contributed by atoms with E-state index in [0.29, 0.717) is 0 Å². The van der Waals surface area contributed by atoms with Gasteiger partial charge in [0.05, 0.1) is 0 Å². The van der Waals surface area contributed by atoms with Gasteiger partial charge in [0.2, 0.25) is 0 Å². The Kier molecular flexibility index (Phi) is 4.72. The van der Waals surface area contributed by atoms with Gasteiger partial charge in [-0.15, -0.1) is 24.8 Å². The van der Waals surface area contributed by atoms with E-state index in [1.807, 2.05) is 18.2 Å². The van der Waals surface area contributed by atoms with Crippen LogP contribution in [0.4, 0.5) is 5.69 Å². The molecule has 1 fully saturated rings. The van der Waals surface area contributed by atoms with E-state index in [9.17, 15) is 0 Å². The zero-order valence-electron chi connectivity index (χ0n) is 7.90. The number of nitrogens with two attached hydrogens (primary N) is 2. The third-order valence-electron chi connectivity index (χ3n) is 2.74. The second kappa shape index (κ2) is 4.87. The second-order valence-electron chi connectivity index (χ2n) is 3.61. The Morgan fingerprint density at radius 1 is 1.21 bits per heavy atom. The molecule has 1 aliphatic carbocycles. The first kappa shape index (κ1) is 13.6. The maximum Gasteiger partial charge on any atom is 0.0316 e. The quantitative estimate of drug-likeness (QED) is 0.771. The van der Waals surface area contributed by atoms with Crippen LogP contribution in [0.2, 0.25) is 0 Å². The lowest BCUT2D eigenvalue weighted by molar-refractivity contribution is 0.705. The molecule has 0 atom stereocenters. The summed E-state index contributed by atoms with van der Waals surface area (Å²) in [5.41, 5.74) is 13.8. The first-order valence-corrected chi connectivity index (χ1v) is 4.33. The van der Waals surface area contributed by atoms with Gasteiger partial charge in [0.25, 0.3) is 0 Å². The Bertz CT molecular complexity index is 298.